The maximum atomic E-state index is 12.5. The molecule has 0 radical (unpaired) electrons. The van der Waals surface area contributed by atoms with Crippen LogP contribution < -0.4 is 11.1 Å². The topological polar surface area (TPSA) is 58.4 Å². The number of benzene rings is 2. The number of nitrogens with one attached hydrogen (secondary N) is 1. The number of carbonyl (C=O) groups excluding carboxylic acids is 1. The average Bonchev–Trinajstić information content (AvgIpc) is 2.83. The Morgan fingerprint density at radius 2 is 1.81 bits per heavy atom. The van der Waals surface area contributed by atoms with Crippen LogP contribution in [0.15, 0.2) is 54.6 Å². The van der Waals surface area contributed by atoms with Crippen LogP contribution in [0.25, 0.3) is 0 Å². The Bertz CT molecular complexity index is 687. The van der Waals surface area contributed by atoms with Crippen molar-refractivity contribution < 1.29 is 4.79 Å². The van der Waals surface area contributed by atoms with E-state index < -0.39 is 6.17 Å². The summed E-state index contributed by atoms with van der Waals surface area (Å²) in [4.78, 5) is 14.2. The number of fused-ring (bicyclic) bond motifs is 1. The molecule has 1 heterocycles. The molecule has 0 aromatic heterocycles. The van der Waals surface area contributed by atoms with Crippen LogP contribution in [-0.2, 0) is 6.54 Å². The minimum Gasteiger partial charge on any atom is -0.376 e. The van der Waals surface area contributed by atoms with Crippen LogP contribution in [0.1, 0.15) is 15.9 Å². The molecule has 4 nitrogen and oxygen atoms in total. The predicted octanol–water partition coefficient (Wildman–Crippen LogP) is 2.37. The lowest BCUT2D eigenvalue weighted by molar-refractivity contribution is 0.0918. The molecule has 0 amide bonds. The Balaban J connectivity index is 1.87. The molecule has 0 saturated heterocycles. The Morgan fingerprint density at radius 1 is 1.14 bits per heavy atom. The lowest BCUT2D eigenvalue weighted by atomic mass is 10.1. The molecule has 21 heavy (non-hydrogen) atoms. The van der Waals surface area contributed by atoms with E-state index >= 15 is 0 Å². The summed E-state index contributed by atoms with van der Waals surface area (Å²) < 4.78 is 0. The van der Waals surface area contributed by atoms with Crippen molar-refractivity contribution in [3.05, 3.63) is 65.7 Å². The van der Waals surface area contributed by atoms with Crippen LogP contribution in [0.4, 0.5) is 5.69 Å². The second-order valence-corrected chi connectivity index (χ2v) is 5.33. The molecule has 0 aliphatic carbocycles. The summed E-state index contributed by atoms with van der Waals surface area (Å²) in [6.07, 6.45) is -0.542. The molecule has 0 bridgehead atoms. The molecule has 1 aliphatic rings. The van der Waals surface area contributed by atoms with E-state index in [4.69, 9.17) is 18.0 Å². The number of anilines is 1. The van der Waals surface area contributed by atoms with Gasteiger partial charge in [-0.3, -0.25) is 4.79 Å². The molecule has 5 heteroatoms. The van der Waals surface area contributed by atoms with Crippen molar-refractivity contribution in [3.8, 4) is 0 Å². The van der Waals surface area contributed by atoms with Crippen LogP contribution in [0.5, 0.6) is 0 Å². The number of carbonyl (C=O) groups is 1. The summed E-state index contributed by atoms with van der Waals surface area (Å²) >= 11 is 5.13. The Labute approximate surface area is 128 Å². The van der Waals surface area contributed by atoms with E-state index in [2.05, 4.69) is 5.32 Å². The largest absolute Gasteiger partial charge is 0.376 e. The minimum atomic E-state index is -0.542. The number of rotatable bonds is 3. The second-order valence-electron chi connectivity index (χ2n) is 4.91. The van der Waals surface area contributed by atoms with Gasteiger partial charge in [0.2, 0.25) is 5.78 Å². The van der Waals surface area contributed by atoms with E-state index in [1.165, 1.54) is 0 Å². The first kappa shape index (κ1) is 13.6. The molecular formula is C16H15N3OS. The van der Waals surface area contributed by atoms with Crippen LogP contribution in [0.3, 0.4) is 0 Å². The average molecular weight is 297 g/mol. The molecule has 2 aromatic rings. The third-order valence-corrected chi connectivity index (χ3v) is 3.76. The van der Waals surface area contributed by atoms with Gasteiger partial charge >= 0.3 is 0 Å². The zero-order valence-electron chi connectivity index (χ0n) is 11.3. The van der Waals surface area contributed by atoms with Crippen molar-refractivity contribution >= 4 is 28.8 Å². The number of hydrogen-bond acceptors (Lipinski definition) is 3. The van der Waals surface area contributed by atoms with Crippen molar-refractivity contribution in [2.75, 3.05) is 5.32 Å². The maximum Gasteiger partial charge on any atom is 0.207 e. The van der Waals surface area contributed by atoms with Gasteiger partial charge in [0.15, 0.2) is 11.3 Å². The zero-order valence-corrected chi connectivity index (χ0v) is 12.1. The number of nitrogens with two attached hydrogens (primary N) is 1. The van der Waals surface area contributed by atoms with Crippen LogP contribution >= 0.6 is 12.2 Å². The van der Waals surface area contributed by atoms with Crippen molar-refractivity contribution in [1.29, 1.82) is 0 Å². The summed E-state index contributed by atoms with van der Waals surface area (Å²) in [6.45, 7) is 0.494. The Morgan fingerprint density at radius 3 is 2.48 bits per heavy atom. The van der Waals surface area contributed by atoms with Gasteiger partial charge in [-0.05, 0) is 29.9 Å². The van der Waals surface area contributed by atoms with Crippen LogP contribution in [-0.4, -0.2) is 22.0 Å². The standard InChI is InChI=1S/C16H15N3OS/c17-16(21)19(10-11-6-2-1-3-7-11)15-14(20)12-8-4-5-9-13(12)18-15/h1-9,15,18H,10H2,(H2,17,21). The molecule has 106 valence electrons. The fourth-order valence-electron chi connectivity index (χ4n) is 2.48. The lowest BCUT2D eigenvalue weighted by Crippen LogP contribution is -2.48. The number of hydrogen-bond donors (Lipinski definition) is 2. The number of para-hydroxylation sites is 1. The summed E-state index contributed by atoms with van der Waals surface area (Å²) in [5, 5.41) is 3.40. The highest BCUT2D eigenvalue weighted by Crippen LogP contribution is 2.27. The highest BCUT2D eigenvalue weighted by atomic mass is 32.1. The quantitative estimate of drug-likeness (QED) is 0.852. The SMILES string of the molecule is NC(=S)N(Cc1ccccc1)C1Nc2ccccc2C1=O. The van der Waals surface area contributed by atoms with E-state index in [0.29, 0.717) is 12.1 Å². The normalized spacial score (nSPS) is 16.2. The second kappa shape index (κ2) is 5.54. The van der Waals surface area contributed by atoms with Gasteiger partial charge in [0, 0.05) is 17.8 Å². The molecule has 0 fully saturated rings. The number of nitrogens with zero attached hydrogens (tertiary/aromatic N) is 1. The zero-order chi connectivity index (χ0) is 14.8. The van der Waals surface area contributed by atoms with Crippen molar-refractivity contribution in [1.82, 2.24) is 4.90 Å². The number of ketones is 1. The molecular weight excluding hydrogens is 282 g/mol. The summed E-state index contributed by atoms with van der Waals surface area (Å²) in [6, 6.07) is 17.3. The van der Waals surface area contributed by atoms with E-state index in [0.717, 1.165) is 11.3 Å². The molecule has 1 aliphatic heterocycles. The smallest absolute Gasteiger partial charge is 0.207 e. The van der Waals surface area contributed by atoms with E-state index in [1.54, 1.807) is 4.90 Å². The third kappa shape index (κ3) is 2.60. The molecule has 0 saturated carbocycles. The molecule has 3 N–H and O–H groups in total. The molecule has 3 rings (SSSR count). The van der Waals surface area contributed by atoms with E-state index in [-0.39, 0.29) is 10.9 Å². The molecule has 0 spiro atoms. The highest BCUT2D eigenvalue weighted by Gasteiger charge is 2.34. The van der Waals surface area contributed by atoms with Crippen LogP contribution in [0.2, 0.25) is 0 Å². The summed E-state index contributed by atoms with van der Waals surface area (Å²) in [5.41, 5.74) is 8.38. The van der Waals surface area contributed by atoms with E-state index in [9.17, 15) is 4.79 Å². The van der Waals surface area contributed by atoms with Gasteiger partial charge in [0.1, 0.15) is 0 Å². The van der Waals surface area contributed by atoms with Gasteiger partial charge in [-0.25, -0.2) is 0 Å². The first-order chi connectivity index (χ1) is 10.2. The number of Topliss-reactive ketones (excluding diaryl/α,β-unsaturated/α-hetero) is 1. The Hall–Kier alpha value is -2.40. The molecule has 1 unspecified atom stereocenters. The summed E-state index contributed by atoms with van der Waals surface area (Å²) in [5.74, 6) is -0.00525. The van der Waals surface area contributed by atoms with Gasteiger partial charge in [-0.15, -0.1) is 0 Å². The molecule has 1 atom stereocenters. The van der Waals surface area contributed by atoms with Crippen LogP contribution in [0, 0.1) is 0 Å². The summed E-state index contributed by atoms with van der Waals surface area (Å²) in [7, 11) is 0. The predicted molar refractivity (Wildman–Crippen MR) is 87.0 cm³/mol. The fourth-order valence-corrected chi connectivity index (χ4v) is 2.65. The van der Waals surface area contributed by atoms with Gasteiger partial charge < -0.3 is 16.0 Å². The fraction of sp³-hybridized carbons (Fsp3) is 0.125. The van der Waals surface area contributed by atoms with Gasteiger partial charge in [-0.1, -0.05) is 42.5 Å². The lowest BCUT2D eigenvalue weighted by Gasteiger charge is -2.28. The van der Waals surface area contributed by atoms with Crippen molar-refractivity contribution in [3.63, 3.8) is 0 Å². The van der Waals surface area contributed by atoms with Gasteiger partial charge in [-0.2, -0.15) is 0 Å². The minimum absolute atomic E-state index is 0.00525. The molecule has 2 aromatic carbocycles. The first-order valence-electron chi connectivity index (χ1n) is 6.66. The maximum absolute atomic E-state index is 12.5. The number of thiocarbonyl (C=S) groups is 1. The highest BCUT2D eigenvalue weighted by molar-refractivity contribution is 7.80. The Kier molecular flexibility index (Phi) is 3.58. The van der Waals surface area contributed by atoms with Crippen molar-refractivity contribution in [2.24, 2.45) is 5.73 Å². The van der Waals surface area contributed by atoms with E-state index in [1.807, 2.05) is 54.6 Å². The first-order valence-corrected chi connectivity index (χ1v) is 7.07. The van der Waals surface area contributed by atoms with Crippen molar-refractivity contribution in [2.45, 2.75) is 12.7 Å². The third-order valence-electron chi connectivity index (χ3n) is 3.52. The monoisotopic (exact) mass is 297 g/mol. The van der Waals surface area contributed by atoms with Gasteiger partial charge in [0.25, 0.3) is 0 Å². The van der Waals surface area contributed by atoms with Gasteiger partial charge in [0.05, 0.1) is 0 Å².